The molecule has 1 aromatic rings. The second-order valence-electron chi connectivity index (χ2n) is 5.04. The van der Waals surface area contributed by atoms with E-state index in [0.29, 0.717) is 6.61 Å². The number of nitrogens with zero attached hydrogens (tertiary/aromatic N) is 1. The van der Waals surface area contributed by atoms with Gasteiger partial charge in [0.25, 0.3) is 0 Å². The summed E-state index contributed by atoms with van der Waals surface area (Å²) in [4.78, 5) is 2.46. The highest BCUT2D eigenvalue weighted by Gasteiger charge is 2.24. The van der Waals surface area contributed by atoms with Crippen LogP contribution in [-0.4, -0.2) is 19.7 Å². The molecule has 0 heterocycles. The zero-order valence-corrected chi connectivity index (χ0v) is 11.5. The lowest BCUT2D eigenvalue weighted by atomic mass is 10.2. The van der Waals surface area contributed by atoms with Gasteiger partial charge in [-0.3, -0.25) is 0 Å². The summed E-state index contributed by atoms with van der Waals surface area (Å²) in [6, 6.07) is 6.14. The van der Waals surface area contributed by atoms with Crippen LogP contribution < -0.4 is 15.4 Å². The normalized spacial score (nSPS) is 14.6. The lowest BCUT2D eigenvalue weighted by Gasteiger charge is -2.25. The van der Waals surface area contributed by atoms with E-state index >= 15 is 0 Å². The SMILES string of the molecule is CCCN(CC1CC1)c1ccc(N)c(OCC)c1. The van der Waals surface area contributed by atoms with E-state index in [9.17, 15) is 0 Å². The van der Waals surface area contributed by atoms with Crippen LogP contribution in [0.3, 0.4) is 0 Å². The molecule has 3 nitrogen and oxygen atoms in total. The molecule has 2 N–H and O–H groups in total. The van der Waals surface area contributed by atoms with Crippen molar-refractivity contribution in [3.05, 3.63) is 18.2 Å². The van der Waals surface area contributed by atoms with Gasteiger partial charge >= 0.3 is 0 Å². The van der Waals surface area contributed by atoms with Gasteiger partial charge in [-0.2, -0.15) is 0 Å². The van der Waals surface area contributed by atoms with Crippen molar-refractivity contribution in [3.63, 3.8) is 0 Å². The maximum absolute atomic E-state index is 5.92. The fraction of sp³-hybridized carbons (Fsp3) is 0.600. The molecule has 1 fully saturated rings. The van der Waals surface area contributed by atoms with Crippen molar-refractivity contribution in [1.29, 1.82) is 0 Å². The van der Waals surface area contributed by atoms with Crippen molar-refractivity contribution in [2.24, 2.45) is 5.92 Å². The molecule has 0 amide bonds. The maximum Gasteiger partial charge on any atom is 0.144 e. The molecule has 3 heteroatoms. The molecule has 1 aliphatic rings. The van der Waals surface area contributed by atoms with Crippen LogP contribution in [0.2, 0.25) is 0 Å². The van der Waals surface area contributed by atoms with E-state index in [-0.39, 0.29) is 0 Å². The smallest absolute Gasteiger partial charge is 0.144 e. The Hall–Kier alpha value is -1.38. The van der Waals surface area contributed by atoms with Gasteiger partial charge in [-0.05, 0) is 44.2 Å². The van der Waals surface area contributed by atoms with Crippen LogP contribution in [0.1, 0.15) is 33.1 Å². The quantitative estimate of drug-likeness (QED) is 0.752. The Kier molecular flexibility index (Phi) is 4.34. The highest BCUT2D eigenvalue weighted by Crippen LogP contribution is 2.33. The number of nitrogens with two attached hydrogens (primary N) is 1. The fourth-order valence-corrected chi connectivity index (χ4v) is 2.21. The van der Waals surface area contributed by atoms with E-state index < -0.39 is 0 Å². The van der Waals surface area contributed by atoms with E-state index in [4.69, 9.17) is 10.5 Å². The summed E-state index contributed by atoms with van der Waals surface area (Å²) in [7, 11) is 0. The molecule has 0 atom stereocenters. The Bertz CT molecular complexity index is 388. The van der Waals surface area contributed by atoms with Gasteiger partial charge in [0.05, 0.1) is 12.3 Å². The maximum atomic E-state index is 5.92. The molecule has 0 aromatic heterocycles. The second kappa shape index (κ2) is 5.98. The standard InChI is InChI=1S/C15H24N2O/c1-3-9-17(11-12-5-6-12)13-7-8-14(16)15(10-13)18-4-2/h7-8,10,12H,3-6,9,11,16H2,1-2H3. The summed E-state index contributed by atoms with van der Waals surface area (Å²) in [5.41, 5.74) is 7.88. The van der Waals surface area contributed by atoms with E-state index in [1.54, 1.807) is 0 Å². The minimum Gasteiger partial charge on any atom is -0.492 e. The Morgan fingerprint density at radius 3 is 2.72 bits per heavy atom. The molecule has 1 saturated carbocycles. The Morgan fingerprint density at radius 2 is 2.11 bits per heavy atom. The summed E-state index contributed by atoms with van der Waals surface area (Å²) in [6.45, 7) is 7.14. The third-order valence-electron chi connectivity index (χ3n) is 3.33. The van der Waals surface area contributed by atoms with E-state index in [2.05, 4.69) is 24.0 Å². The molecule has 0 radical (unpaired) electrons. The largest absolute Gasteiger partial charge is 0.492 e. The molecule has 1 aromatic carbocycles. The molecule has 0 spiro atoms. The lowest BCUT2D eigenvalue weighted by Crippen LogP contribution is -2.26. The second-order valence-corrected chi connectivity index (χ2v) is 5.04. The molecule has 0 aliphatic heterocycles. The number of benzene rings is 1. The van der Waals surface area contributed by atoms with Crippen LogP contribution in [0.25, 0.3) is 0 Å². The molecule has 0 bridgehead atoms. The Labute approximate surface area is 110 Å². The van der Waals surface area contributed by atoms with Crippen molar-refractivity contribution in [2.75, 3.05) is 30.3 Å². The van der Waals surface area contributed by atoms with Crippen molar-refractivity contribution < 1.29 is 4.74 Å². The Balaban J connectivity index is 2.14. The van der Waals surface area contributed by atoms with E-state index in [0.717, 1.165) is 23.9 Å². The first kappa shape index (κ1) is 13.1. The third kappa shape index (κ3) is 3.31. The van der Waals surface area contributed by atoms with Gasteiger partial charge in [0.15, 0.2) is 0 Å². The van der Waals surface area contributed by atoms with Gasteiger partial charge in [-0.1, -0.05) is 6.92 Å². The average molecular weight is 248 g/mol. The monoisotopic (exact) mass is 248 g/mol. The van der Waals surface area contributed by atoms with Gasteiger partial charge in [0.1, 0.15) is 5.75 Å². The zero-order chi connectivity index (χ0) is 13.0. The van der Waals surface area contributed by atoms with Gasteiger partial charge in [0.2, 0.25) is 0 Å². The predicted octanol–water partition coefficient (Wildman–Crippen LogP) is 3.29. The number of ether oxygens (including phenoxy) is 1. The number of rotatable bonds is 7. The van der Waals surface area contributed by atoms with Crippen molar-refractivity contribution in [3.8, 4) is 5.75 Å². The Morgan fingerprint density at radius 1 is 1.33 bits per heavy atom. The summed E-state index contributed by atoms with van der Waals surface area (Å²) >= 11 is 0. The molecular formula is C15H24N2O. The van der Waals surface area contributed by atoms with Crippen molar-refractivity contribution in [1.82, 2.24) is 0 Å². The van der Waals surface area contributed by atoms with Crippen LogP contribution >= 0.6 is 0 Å². The van der Waals surface area contributed by atoms with Crippen molar-refractivity contribution in [2.45, 2.75) is 33.1 Å². The highest BCUT2D eigenvalue weighted by molar-refractivity contribution is 5.62. The summed E-state index contributed by atoms with van der Waals surface area (Å²) in [6.07, 6.45) is 3.93. The van der Waals surface area contributed by atoms with Gasteiger partial charge in [-0.15, -0.1) is 0 Å². The van der Waals surface area contributed by atoms with Gasteiger partial charge in [-0.25, -0.2) is 0 Å². The molecule has 100 valence electrons. The average Bonchev–Trinajstić information content (AvgIpc) is 3.16. The number of anilines is 2. The number of hydrogen-bond acceptors (Lipinski definition) is 3. The first-order valence-corrected chi connectivity index (χ1v) is 7.01. The van der Waals surface area contributed by atoms with Crippen LogP contribution in [0, 0.1) is 5.92 Å². The third-order valence-corrected chi connectivity index (χ3v) is 3.33. The zero-order valence-electron chi connectivity index (χ0n) is 11.5. The minimum atomic E-state index is 0.657. The van der Waals surface area contributed by atoms with Crippen LogP contribution in [0.15, 0.2) is 18.2 Å². The molecule has 0 saturated heterocycles. The van der Waals surface area contributed by atoms with Crippen LogP contribution in [0.4, 0.5) is 11.4 Å². The summed E-state index contributed by atoms with van der Waals surface area (Å²) in [5, 5.41) is 0. The van der Waals surface area contributed by atoms with Crippen LogP contribution in [0.5, 0.6) is 5.75 Å². The van der Waals surface area contributed by atoms with Crippen molar-refractivity contribution >= 4 is 11.4 Å². The molecule has 18 heavy (non-hydrogen) atoms. The highest BCUT2D eigenvalue weighted by atomic mass is 16.5. The van der Waals surface area contributed by atoms with Gasteiger partial charge < -0.3 is 15.4 Å². The molecule has 1 aliphatic carbocycles. The predicted molar refractivity (Wildman–Crippen MR) is 77.3 cm³/mol. The summed E-state index contributed by atoms with van der Waals surface area (Å²) in [5.74, 6) is 1.71. The fourth-order valence-electron chi connectivity index (χ4n) is 2.21. The van der Waals surface area contributed by atoms with E-state index in [1.807, 2.05) is 13.0 Å². The summed E-state index contributed by atoms with van der Waals surface area (Å²) < 4.78 is 5.57. The lowest BCUT2D eigenvalue weighted by molar-refractivity contribution is 0.342. The number of hydrogen-bond donors (Lipinski definition) is 1. The topological polar surface area (TPSA) is 38.5 Å². The molecule has 2 rings (SSSR count). The number of nitrogen functional groups attached to an aromatic ring is 1. The first-order chi connectivity index (χ1) is 8.74. The molecule has 0 unspecified atom stereocenters. The van der Waals surface area contributed by atoms with E-state index in [1.165, 1.54) is 31.5 Å². The molecular weight excluding hydrogens is 224 g/mol. The minimum absolute atomic E-state index is 0.657. The first-order valence-electron chi connectivity index (χ1n) is 7.01. The van der Waals surface area contributed by atoms with Crippen LogP contribution in [-0.2, 0) is 0 Å². The van der Waals surface area contributed by atoms with Gasteiger partial charge in [0, 0.05) is 24.8 Å².